The van der Waals surface area contributed by atoms with Gasteiger partial charge >= 0.3 is 0 Å². The molecule has 2 nitrogen and oxygen atoms in total. The van der Waals surface area contributed by atoms with Gasteiger partial charge in [0, 0.05) is 31.2 Å². The van der Waals surface area contributed by atoms with Gasteiger partial charge in [0.15, 0.2) is 0 Å². The molecule has 2 aliphatic heterocycles. The first kappa shape index (κ1) is 9.47. The summed E-state index contributed by atoms with van der Waals surface area (Å²) < 4.78 is 0. The highest BCUT2D eigenvalue weighted by Gasteiger charge is 2.35. The molecule has 2 atom stereocenters. The van der Waals surface area contributed by atoms with Crippen molar-refractivity contribution in [3.63, 3.8) is 0 Å². The molecule has 2 heteroatoms. The van der Waals surface area contributed by atoms with Crippen molar-refractivity contribution in [2.75, 3.05) is 26.2 Å². The van der Waals surface area contributed by atoms with Crippen LogP contribution in [0.25, 0.3) is 0 Å². The zero-order valence-electron chi connectivity index (χ0n) is 9.21. The van der Waals surface area contributed by atoms with E-state index in [0.29, 0.717) is 5.54 Å². The van der Waals surface area contributed by atoms with Crippen LogP contribution in [-0.2, 0) is 0 Å². The minimum absolute atomic E-state index is 0.369. The lowest BCUT2D eigenvalue weighted by molar-refractivity contribution is -0.0148. The van der Waals surface area contributed by atoms with E-state index in [4.69, 9.17) is 0 Å². The molecule has 2 bridgehead atoms. The Kier molecular flexibility index (Phi) is 2.37. The molecule has 0 radical (unpaired) electrons. The highest BCUT2D eigenvalue weighted by atomic mass is 15.3. The quantitative estimate of drug-likeness (QED) is 0.561. The lowest BCUT2D eigenvalue weighted by Crippen LogP contribution is -2.61. The average Bonchev–Trinajstić information content (AvgIpc) is 2.02. The largest absolute Gasteiger partial charge is 0.301 e. The molecular formula is C11H22N2. The van der Waals surface area contributed by atoms with Crippen molar-refractivity contribution in [1.82, 2.24) is 9.80 Å². The summed E-state index contributed by atoms with van der Waals surface area (Å²) in [5.41, 5.74) is 0.369. The minimum Gasteiger partial charge on any atom is -0.301 e. The van der Waals surface area contributed by atoms with Gasteiger partial charge in [-0.05, 0) is 40.2 Å². The van der Waals surface area contributed by atoms with Gasteiger partial charge in [0.1, 0.15) is 0 Å². The van der Waals surface area contributed by atoms with Crippen molar-refractivity contribution >= 4 is 0 Å². The Morgan fingerprint density at radius 3 is 2.54 bits per heavy atom. The summed E-state index contributed by atoms with van der Waals surface area (Å²) >= 11 is 0. The number of piperidine rings is 1. The van der Waals surface area contributed by atoms with Crippen LogP contribution in [0.5, 0.6) is 0 Å². The first-order valence-corrected chi connectivity index (χ1v) is 5.56. The van der Waals surface area contributed by atoms with Crippen molar-refractivity contribution in [1.29, 1.82) is 0 Å². The zero-order chi connectivity index (χ0) is 9.47. The Hall–Kier alpha value is -0.0800. The van der Waals surface area contributed by atoms with Gasteiger partial charge in [-0.3, -0.25) is 4.90 Å². The summed E-state index contributed by atoms with van der Waals surface area (Å²) in [5.74, 6) is 0. The van der Waals surface area contributed by atoms with Gasteiger partial charge < -0.3 is 4.90 Å². The van der Waals surface area contributed by atoms with Gasteiger partial charge in [-0.2, -0.15) is 0 Å². The van der Waals surface area contributed by atoms with Crippen molar-refractivity contribution < 1.29 is 0 Å². The molecule has 0 aliphatic carbocycles. The topological polar surface area (TPSA) is 6.48 Å². The molecule has 2 aliphatic rings. The normalized spacial score (nSPS) is 36.2. The van der Waals surface area contributed by atoms with E-state index in [1.54, 1.807) is 0 Å². The average molecular weight is 182 g/mol. The molecule has 2 unspecified atom stereocenters. The van der Waals surface area contributed by atoms with Crippen LogP contribution < -0.4 is 0 Å². The molecule has 0 aromatic carbocycles. The van der Waals surface area contributed by atoms with E-state index in [1.165, 1.54) is 39.0 Å². The minimum atomic E-state index is 0.369. The number of hydrogen-bond donors (Lipinski definition) is 0. The number of nitrogens with zero attached hydrogens (tertiary/aromatic N) is 2. The maximum atomic E-state index is 2.70. The fraction of sp³-hybridized carbons (Fsp3) is 1.00. The first-order valence-electron chi connectivity index (χ1n) is 5.56. The molecule has 13 heavy (non-hydrogen) atoms. The van der Waals surface area contributed by atoms with E-state index < -0.39 is 0 Å². The van der Waals surface area contributed by atoms with Crippen LogP contribution in [0.15, 0.2) is 0 Å². The Bertz CT molecular complexity index is 183. The Morgan fingerprint density at radius 1 is 1.08 bits per heavy atom. The molecule has 2 saturated heterocycles. The summed E-state index contributed by atoms with van der Waals surface area (Å²) in [5, 5.41) is 0. The second-order valence-corrected chi connectivity index (χ2v) is 5.46. The number of rotatable bonds is 0. The number of piperazine rings is 1. The summed E-state index contributed by atoms with van der Waals surface area (Å²) in [7, 11) is 0. The monoisotopic (exact) mass is 182 g/mol. The van der Waals surface area contributed by atoms with Crippen LogP contribution in [0.2, 0.25) is 0 Å². The molecule has 76 valence electrons. The SMILES string of the molecule is CC(C)(C)N1CCN2CCCC1C2. The van der Waals surface area contributed by atoms with Crippen LogP contribution in [0.3, 0.4) is 0 Å². The second-order valence-electron chi connectivity index (χ2n) is 5.46. The van der Waals surface area contributed by atoms with E-state index in [1.807, 2.05) is 0 Å². The van der Waals surface area contributed by atoms with E-state index in [9.17, 15) is 0 Å². The Labute approximate surface area is 81.9 Å². The summed E-state index contributed by atoms with van der Waals surface area (Å²) in [6.45, 7) is 12.2. The smallest absolute Gasteiger partial charge is 0.0229 e. The summed E-state index contributed by atoms with van der Waals surface area (Å²) in [6.07, 6.45) is 2.81. The second kappa shape index (κ2) is 3.25. The Balaban J connectivity index is 2.05. The number of hydrogen-bond acceptors (Lipinski definition) is 2. The van der Waals surface area contributed by atoms with Crippen molar-refractivity contribution in [2.45, 2.75) is 45.2 Å². The molecule has 0 N–H and O–H groups in total. The zero-order valence-corrected chi connectivity index (χ0v) is 9.21. The third-order valence-electron chi connectivity index (χ3n) is 3.44. The fourth-order valence-electron chi connectivity index (χ4n) is 2.80. The van der Waals surface area contributed by atoms with Crippen molar-refractivity contribution in [2.24, 2.45) is 0 Å². The van der Waals surface area contributed by atoms with Crippen molar-refractivity contribution in [3.05, 3.63) is 0 Å². The van der Waals surface area contributed by atoms with Gasteiger partial charge in [0.2, 0.25) is 0 Å². The molecule has 0 aromatic rings. The first-order chi connectivity index (χ1) is 6.07. The molecule has 0 spiro atoms. The molecule has 0 saturated carbocycles. The summed E-state index contributed by atoms with van der Waals surface area (Å²) in [4.78, 5) is 5.32. The maximum absolute atomic E-state index is 2.70. The van der Waals surface area contributed by atoms with Gasteiger partial charge in [-0.25, -0.2) is 0 Å². The molecule has 2 rings (SSSR count). The van der Waals surface area contributed by atoms with Crippen LogP contribution in [0, 0.1) is 0 Å². The maximum Gasteiger partial charge on any atom is 0.0229 e. The van der Waals surface area contributed by atoms with Gasteiger partial charge in [-0.1, -0.05) is 0 Å². The third-order valence-corrected chi connectivity index (χ3v) is 3.44. The van der Waals surface area contributed by atoms with Gasteiger partial charge in [-0.15, -0.1) is 0 Å². The molecule has 0 amide bonds. The number of fused-ring (bicyclic) bond motifs is 2. The van der Waals surface area contributed by atoms with Crippen molar-refractivity contribution in [3.8, 4) is 0 Å². The fourth-order valence-corrected chi connectivity index (χ4v) is 2.80. The summed E-state index contributed by atoms with van der Waals surface area (Å²) in [6, 6.07) is 0.836. The highest BCUT2D eigenvalue weighted by Crippen LogP contribution is 2.26. The predicted molar refractivity (Wildman–Crippen MR) is 55.9 cm³/mol. The van der Waals surface area contributed by atoms with Crippen LogP contribution in [-0.4, -0.2) is 47.6 Å². The van der Waals surface area contributed by atoms with E-state index in [-0.39, 0.29) is 0 Å². The standard InChI is InChI=1S/C11H22N2/c1-11(2,3)13-8-7-12-6-4-5-10(13)9-12/h10H,4-9H2,1-3H3. The van der Waals surface area contributed by atoms with Crippen LogP contribution in [0.4, 0.5) is 0 Å². The molecule has 2 heterocycles. The molecule has 2 fully saturated rings. The lowest BCUT2D eigenvalue weighted by atomic mass is 9.94. The van der Waals surface area contributed by atoms with Gasteiger partial charge in [0.25, 0.3) is 0 Å². The molecular weight excluding hydrogens is 160 g/mol. The Morgan fingerprint density at radius 2 is 1.85 bits per heavy atom. The van der Waals surface area contributed by atoms with Crippen LogP contribution >= 0.6 is 0 Å². The highest BCUT2D eigenvalue weighted by molar-refractivity contribution is 4.91. The van der Waals surface area contributed by atoms with E-state index in [0.717, 1.165) is 6.04 Å². The lowest BCUT2D eigenvalue weighted by Gasteiger charge is -2.50. The van der Waals surface area contributed by atoms with Crippen LogP contribution in [0.1, 0.15) is 33.6 Å². The molecule has 0 aromatic heterocycles. The van der Waals surface area contributed by atoms with E-state index >= 15 is 0 Å². The predicted octanol–water partition coefficient (Wildman–Crippen LogP) is 1.56. The van der Waals surface area contributed by atoms with Gasteiger partial charge in [0.05, 0.1) is 0 Å². The third kappa shape index (κ3) is 1.89. The van der Waals surface area contributed by atoms with E-state index in [2.05, 4.69) is 30.6 Å².